The highest BCUT2D eigenvalue weighted by Crippen LogP contribution is 2.34. The van der Waals surface area contributed by atoms with Crippen LogP contribution in [0.3, 0.4) is 0 Å². The first-order chi connectivity index (χ1) is 3.36. The van der Waals surface area contributed by atoms with Crippen molar-refractivity contribution in [1.82, 2.24) is 5.32 Å². The van der Waals surface area contributed by atoms with Gasteiger partial charge >= 0.3 is 0 Å². The number of fused-ring (bicyclic) bond motifs is 1. The largest absolute Gasteiger partial charge is 0.311 e. The summed E-state index contributed by atoms with van der Waals surface area (Å²) >= 11 is 0. The van der Waals surface area contributed by atoms with Crippen molar-refractivity contribution in [2.24, 2.45) is 5.92 Å². The summed E-state index contributed by atoms with van der Waals surface area (Å²) in [4.78, 5) is 0. The minimum Gasteiger partial charge on any atom is -0.311 e. The molecule has 3 rings (SSSR count). The Hall–Kier alpha value is -0.0400. The zero-order chi connectivity index (χ0) is 4.85. The lowest BCUT2D eigenvalue weighted by Gasteiger charge is -2.26. The van der Waals surface area contributed by atoms with Gasteiger partial charge in [-0.2, -0.15) is 0 Å². The lowest BCUT2D eigenvalue weighted by atomic mass is 10.1. The van der Waals surface area contributed by atoms with Crippen molar-refractivity contribution in [3.05, 3.63) is 0 Å². The molecule has 1 aliphatic carbocycles. The molecule has 2 aliphatic heterocycles. The topological polar surface area (TPSA) is 12.0 Å². The van der Waals surface area contributed by atoms with E-state index in [1.807, 2.05) is 0 Å². The molecule has 0 amide bonds. The van der Waals surface area contributed by atoms with Gasteiger partial charge in [0.1, 0.15) is 0 Å². The van der Waals surface area contributed by atoms with E-state index in [2.05, 4.69) is 12.2 Å². The van der Waals surface area contributed by atoms with Gasteiger partial charge in [0.2, 0.25) is 0 Å². The zero-order valence-corrected chi connectivity index (χ0v) is 4.65. The van der Waals surface area contributed by atoms with Crippen LogP contribution in [0.4, 0.5) is 0 Å². The maximum atomic E-state index is 3.47. The summed E-state index contributed by atoms with van der Waals surface area (Å²) in [6.45, 7) is 2.34. The molecule has 0 aromatic heterocycles. The van der Waals surface area contributed by atoms with Crippen LogP contribution in [0.2, 0.25) is 0 Å². The van der Waals surface area contributed by atoms with Crippen molar-refractivity contribution in [1.29, 1.82) is 0 Å². The van der Waals surface area contributed by atoms with E-state index in [9.17, 15) is 0 Å². The van der Waals surface area contributed by atoms with Gasteiger partial charge in [-0.1, -0.05) is 6.92 Å². The van der Waals surface area contributed by atoms with Crippen molar-refractivity contribution in [2.45, 2.75) is 31.8 Å². The molecule has 3 atom stereocenters. The van der Waals surface area contributed by atoms with E-state index >= 15 is 0 Å². The molecule has 1 saturated carbocycles. The predicted molar refractivity (Wildman–Crippen MR) is 29.1 cm³/mol. The van der Waals surface area contributed by atoms with Gasteiger partial charge in [-0.15, -0.1) is 0 Å². The second-order valence-corrected chi connectivity index (χ2v) is 2.92. The van der Waals surface area contributed by atoms with Gasteiger partial charge in [0.15, 0.2) is 0 Å². The molecule has 0 aromatic rings. The van der Waals surface area contributed by atoms with E-state index in [0.29, 0.717) is 0 Å². The molecule has 40 valence electrons. The number of nitrogens with one attached hydrogen (secondary N) is 1. The number of hydrogen-bond donors (Lipinski definition) is 1. The second-order valence-electron chi connectivity index (χ2n) is 2.92. The van der Waals surface area contributed by atoms with Gasteiger partial charge < -0.3 is 5.32 Å². The van der Waals surface area contributed by atoms with E-state index < -0.39 is 0 Å². The Bertz CT molecular complexity index is 84.2. The Morgan fingerprint density at radius 3 is 2.29 bits per heavy atom. The van der Waals surface area contributed by atoms with Crippen LogP contribution in [0.15, 0.2) is 0 Å². The fraction of sp³-hybridized carbons (Fsp3) is 1.00. The first-order valence-electron chi connectivity index (χ1n) is 3.12. The highest BCUT2D eigenvalue weighted by Gasteiger charge is 2.40. The smallest absolute Gasteiger partial charge is 0.0111 e. The zero-order valence-electron chi connectivity index (χ0n) is 4.65. The molecular weight excluding hydrogens is 86.1 g/mol. The minimum atomic E-state index is 0.907. The van der Waals surface area contributed by atoms with Gasteiger partial charge in [0.05, 0.1) is 0 Å². The molecule has 1 N–H and O–H groups in total. The molecule has 1 heteroatoms. The molecule has 0 spiro atoms. The fourth-order valence-corrected chi connectivity index (χ4v) is 1.76. The molecule has 0 aromatic carbocycles. The van der Waals surface area contributed by atoms with Crippen LogP contribution < -0.4 is 5.32 Å². The summed E-state index contributed by atoms with van der Waals surface area (Å²) in [5.74, 6) is 0.977. The summed E-state index contributed by atoms with van der Waals surface area (Å²) in [7, 11) is 0. The quantitative estimate of drug-likeness (QED) is 0.470. The Labute approximate surface area is 44.1 Å². The summed E-state index contributed by atoms with van der Waals surface area (Å²) in [6, 6.07) is 1.82. The Balaban J connectivity index is 2.13. The van der Waals surface area contributed by atoms with E-state index in [-0.39, 0.29) is 0 Å². The van der Waals surface area contributed by atoms with Crippen molar-refractivity contribution >= 4 is 0 Å². The predicted octanol–water partition coefficient (Wildman–Crippen LogP) is 0.757. The van der Waals surface area contributed by atoms with Crippen molar-refractivity contribution < 1.29 is 0 Å². The molecule has 7 heavy (non-hydrogen) atoms. The highest BCUT2D eigenvalue weighted by molar-refractivity contribution is 5.00. The number of hydrogen-bond acceptors (Lipinski definition) is 1. The number of rotatable bonds is 0. The average Bonchev–Trinajstić information content (AvgIpc) is 1.85. The lowest BCUT2D eigenvalue weighted by molar-refractivity contribution is 0.346. The molecule has 3 aliphatic rings. The normalized spacial score (nSPS) is 57.0. The maximum Gasteiger partial charge on any atom is 0.0111 e. The summed E-state index contributed by atoms with van der Waals surface area (Å²) in [5.41, 5.74) is 0. The maximum absolute atomic E-state index is 3.47. The minimum absolute atomic E-state index is 0.907. The van der Waals surface area contributed by atoms with E-state index in [0.717, 1.165) is 18.0 Å². The Morgan fingerprint density at radius 2 is 2.14 bits per heavy atom. The van der Waals surface area contributed by atoms with Crippen molar-refractivity contribution in [2.75, 3.05) is 0 Å². The van der Waals surface area contributed by atoms with Gasteiger partial charge in [0, 0.05) is 12.1 Å². The molecule has 2 bridgehead atoms. The lowest BCUT2D eigenvalue weighted by Crippen LogP contribution is -2.44. The first kappa shape index (κ1) is 3.90. The Kier molecular flexibility index (Phi) is 0.571. The summed E-state index contributed by atoms with van der Waals surface area (Å²) < 4.78 is 0. The SMILES string of the molecule is CC1CC2CC1N2. The van der Waals surface area contributed by atoms with Crippen LogP contribution in [0.25, 0.3) is 0 Å². The van der Waals surface area contributed by atoms with Crippen molar-refractivity contribution in [3.63, 3.8) is 0 Å². The van der Waals surface area contributed by atoms with Crippen LogP contribution in [-0.2, 0) is 0 Å². The monoisotopic (exact) mass is 97.1 g/mol. The van der Waals surface area contributed by atoms with Crippen LogP contribution in [0.1, 0.15) is 19.8 Å². The highest BCUT2D eigenvalue weighted by atomic mass is 15.1. The van der Waals surface area contributed by atoms with Gasteiger partial charge in [0.25, 0.3) is 0 Å². The van der Waals surface area contributed by atoms with Gasteiger partial charge in [-0.05, 0) is 18.8 Å². The second kappa shape index (κ2) is 1.03. The molecule has 2 heterocycles. The molecular formula is C6H11N. The average molecular weight is 97.2 g/mol. The van der Waals surface area contributed by atoms with Crippen LogP contribution >= 0.6 is 0 Å². The summed E-state index contributed by atoms with van der Waals surface area (Å²) in [5, 5.41) is 3.47. The fourth-order valence-electron chi connectivity index (χ4n) is 1.76. The van der Waals surface area contributed by atoms with Crippen molar-refractivity contribution in [3.8, 4) is 0 Å². The van der Waals surface area contributed by atoms with Gasteiger partial charge in [-0.25, -0.2) is 0 Å². The van der Waals surface area contributed by atoms with Crippen LogP contribution in [-0.4, -0.2) is 12.1 Å². The van der Waals surface area contributed by atoms with E-state index in [1.54, 1.807) is 0 Å². The standard InChI is InChI=1S/C6H11N/c1-4-2-5-3-6(4)7-5/h4-7H,2-3H2,1H3. The third-order valence-electron chi connectivity index (χ3n) is 2.33. The van der Waals surface area contributed by atoms with E-state index in [1.165, 1.54) is 12.8 Å². The Morgan fingerprint density at radius 1 is 1.43 bits per heavy atom. The molecule has 2 saturated heterocycles. The molecule has 3 fully saturated rings. The van der Waals surface area contributed by atoms with Crippen LogP contribution in [0.5, 0.6) is 0 Å². The van der Waals surface area contributed by atoms with Crippen LogP contribution in [0, 0.1) is 5.92 Å². The third-order valence-corrected chi connectivity index (χ3v) is 2.33. The summed E-state index contributed by atoms with van der Waals surface area (Å²) in [6.07, 6.45) is 2.89. The van der Waals surface area contributed by atoms with Gasteiger partial charge in [-0.3, -0.25) is 0 Å². The third kappa shape index (κ3) is 0.367. The molecule has 1 nitrogen and oxygen atoms in total. The molecule has 0 radical (unpaired) electrons. The molecule has 3 unspecified atom stereocenters. The van der Waals surface area contributed by atoms with E-state index in [4.69, 9.17) is 0 Å². The first-order valence-corrected chi connectivity index (χ1v) is 3.12.